The summed E-state index contributed by atoms with van der Waals surface area (Å²) in [6.07, 6.45) is 1.46. The number of carbonyl (C=O) groups excluding carboxylic acids is 1. The van der Waals surface area contributed by atoms with Crippen LogP contribution in [0.4, 0.5) is 0 Å². The van der Waals surface area contributed by atoms with Crippen molar-refractivity contribution in [3.63, 3.8) is 0 Å². The highest BCUT2D eigenvalue weighted by molar-refractivity contribution is 5.93. The van der Waals surface area contributed by atoms with E-state index < -0.39 is 5.97 Å². The number of hydrogen-bond acceptors (Lipinski definition) is 3. The van der Waals surface area contributed by atoms with Crippen LogP contribution in [0, 0.1) is 0 Å². The maximum Gasteiger partial charge on any atom is 0.340 e. The van der Waals surface area contributed by atoms with E-state index in [-0.39, 0.29) is 5.70 Å². The molecule has 0 saturated heterocycles. The van der Waals surface area contributed by atoms with E-state index in [2.05, 4.69) is 14.8 Å². The molecule has 0 unspecified atom stereocenters. The maximum absolute atomic E-state index is 11.2. The average Bonchev–Trinajstić information content (AvgIpc) is 2.29. The van der Waals surface area contributed by atoms with Crippen LogP contribution in [0.15, 0.2) is 41.1 Å². The molecular weight excluding hydrogens is 194 g/mol. The van der Waals surface area contributed by atoms with Crippen molar-refractivity contribution in [1.82, 2.24) is 0 Å². The highest BCUT2D eigenvalue weighted by atomic mass is 16.5. The Kier molecular flexibility index (Phi) is 3.94. The highest BCUT2D eigenvalue weighted by Crippen LogP contribution is 2.09. The lowest BCUT2D eigenvalue weighted by molar-refractivity contribution is -0.136. The first-order chi connectivity index (χ1) is 7.27. The van der Waals surface area contributed by atoms with Gasteiger partial charge in [0.05, 0.1) is 7.11 Å². The van der Waals surface area contributed by atoms with Crippen LogP contribution in [0.25, 0.3) is 16.5 Å². The molecule has 0 spiro atoms. The van der Waals surface area contributed by atoms with Gasteiger partial charge in [-0.25, -0.2) is 4.79 Å². The standard InChI is InChI=1S/C10H9N3O2/c1-15-10(14)9(12-13-11)7-8-5-3-2-4-6-8/h2-7H,1H3/b9-7-. The molecule has 76 valence electrons. The Labute approximate surface area is 86.6 Å². The van der Waals surface area contributed by atoms with E-state index in [4.69, 9.17) is 5.53 Å². The SMILES string of the molecule is COC(=O)/C(=C/c1ccccc1)N=[N+]=[N-]. The first-order valence-electron chi connectivity index (χ1n) is 4.18. The van der Waals surface area contributed by atoms with E-state index >= 15 is 0 Å². The fraction of sp³-hybridized carbons (Fsp3) is 0.100. The van der Waals surface area contributed by atoms with Crippen molar-refractivity contribution in [2.75, 3.05) is 7.11 Å². The van der Waals surface area contributed by atoms with Crippen LogP contribution in [0.2, 0.25) is 0 Å². The maximum atomic E-state index is 11.2. The average molecular weight is 203 g/mol. The zero-order chi connectivity index (χ0) is 11.1. The second-order valence-corrected chi connectivity index (χ2v) is 2.62. The molecule has 0 saturated carbocycles. The van der Waals surface area contributed by atoms with E-state index in [1.54, 1.807) is 12.1 Å². The number of esters is 1. The topological polar surface area (TPSA) is 75.1 Å². The summed E-state index contributed by atoms with van der Waals surface area (Å²) in [5, 5.41) is 3.26. The van der Waals surface area contributed by atoms with Gasteiger partial charge in [0, 0.05) is 4.91 Å². The van der Waals surface area contributed by atoms with Crippen molar-refractivity contribution in [2.24, 2.45) is 5.11 Å². The highest BCUT2D eigenvalue weighted by Gasteiger charge is 2.06. The molecule has 0 aliphatic heterocycles. The second-order valence-electron chi connectivity index (χ2n) is 2.62. The first-order valence-corrected chi connectivity index (χ1v) is 4.18. The van der Waals surface area contributed by atoms with Gasteiger partial charge >= 0.3 is 5.97 Å². The molecule has 15 heavy (non-hydrogen) atoms. The molecule has 0 aromatic heterocycles. The number of hydrogen-bond donors (Lipinski definition) is 0. The lowest BCUT2D eigenvalue weighted by Gasteiger charge is -1.98. The second kappa shape index (κ2) is 5.47. The number of ether oxygens (including phenoxy) is 1. The largest absolute Gasteiger partial charge is 0.466 e. The molecule has 0 atom stereocenters. The molecule has 1 aromatic rings. The molecule has 0 radical (unpaired) electrons. The van der Waals surface area contributed by atoms with Crippen molar-refractivity contribution in [2.45, 2.75) is 0 Å². The van der Waals surface area contributed by atoms with Crippen LogP contribution in [0.1, 0.15) is 5.56 Å². The lowest BCUT2D eigenvalue weighted by atomic mass is 10.2. The van der Waals surface area contributed by atoms with Gasteiger partial charge in [0.1, 0.15) is 5.70 Å². The Balaban J connectivity index is 3.04. The van der Waals surface area contributed by atoms with Crippen LogP contribution in [0.3, 0.4) is 0 Å². The van der Waals surface area contributed by atoms with E-state index in [1.165, 1.54) is 13.2 Å². The van der Waals surface area contributed by atoms with Crippen LogP contribution >= 0.6 is 0 Å². The minimum Gasteiger partial charge on any atom is -0.466 e. The van der Waals surface area contributed by atoms with E-state index in [1.807, 2.05) is 18.2 Å². The third-order valence-corrected chi connectivity index (χ3v) is 1.65. The minimum absolute atomic E-state index is 0.0637. The van der Waals surface area contributed by atoms with Crippen LogP contribution in [0.5, 0.6) is 0 Å². The van der Waals surface area contributed by atoms with Crippen molar-refractivity contribution in [1.29, 1.82) is 0 Å². The van der Waals surface area contributed by atoms with Crippen molar-refractivity contribution >= 4 is 12.0 Å². The Bertz CT molecular complexity index is 420. The molecule has 1 aromatic carbocycles. The van der Waals surface area contributed by atoms with Crippen molar-refractivity contribution in [3.05, 3.63) is 52.0 Å². The summed E-state index contributed by atoms with van der Waals surface area (Å²) < 4.78 is 4.47. The summed E-state index contributed by atoms with van der Waals surface area (Å²) >= 11 is 0. The fourth-order valence-corrected chi connectivity index (χ4v) is 0.989. The zero-order valence-electron chi connectivity index (χ0n) is 8.12. The summed E-state index contributed by atoms with van der Waals surface area (Å²) in [5.41, 5.74) is 8.97. The number of methoxy groups -OCH3 is 1. The van der Waals surface area contributed by atoms with E-state index in [9.17, 15) is 4.79 Å². The van der Waals surface area contributed by atoms with Gasteiger partial charge in [-0.1, -0.05) is 35.4 Å². The minimum atomic E-state index is -0.656. The molecule has 0 N–H and O–H groups in total. The molecule has 0 amide bonds. The molecule has 0 aliphatic rings. The van der Waals surface area contributed by atoms with E-state index in [0.717, 1.165) is 5.56 Å². The van der Waals surface area contributed by atoms with Crippen LogP contribution in [-0.2, 0) is 9.53 Å². The number of azide groups is 1. The first kappa shape index (κ1) is 10.8. The van der Waals surface area contributed by atoms with Crippen LogP contribution < -0.4 is 0 Å². The van der Waals surface area contributed by atoms with Gasteiger partial charge in [0.15, 0.2) is 0 Å². The Morgan fingerprint density at radius 2 is 2.13 bits per heavy atom. The van der Waals surface area contributed by atoms with Crippen LogP contribution in [-0.4, -0.2) is 13.1 Å². The number of carbonyl (C=O) groups is 1. The zero-order valence-corrected chi connectivity index (χ0v) is 8.12. The molecular formula is C10H9N3O2. The van der Waals surface area contributed by atoms with Crippen molar-refractivity contribution < 1.29 is 9.53 Å². The summed E-state index contributed by atoms with van der Waals surface area (Å²) in [5.74, 6) is -0.656. The predicted octanol–water partition coefficient (Wildman–Crippen LogP) is 2.51. The van der Waals surface area contributed by atoms with Gasteiger partial charge in [0.25, 0.3) is 0 Å². The third-order valence-electron chi connectivity index (χ3n) is 1.65. The molecule has 5 heteroatoms. The summed E-state index contributed by atoms with van der Waals surface area (Å²) in [6, 6.07) is 9.06. The quantitative estimate of drug-likeness (QED) is 0.249. The third kappa shape index (κ3) is 3.17. The van der Waals surface area contributed by atoms with E-state index in [0.29, 0.717) is 0 Å². The molecule has 0 aliphatic carbocycles. The molecule has 0 heterocycles. The fourth-order valence-electron chi connectivity index (χ4n) is 0.989. The van der Waals surface area contributed by atoms with Crippen molar-refractivity contribution in [3.8, 4) is 0 Å². The summed E-state index contributed by atoms with van der Waals surface area (Å²) in [7, 11) is 1.23. The molecule has 0 bridgehead atoms. The van der Waals surface area contributed by atoms with Gasteiger partial charge in [-0.15, -0.1) is 0 Å². The van der Waals surface area contributed by atoms with Gasteiger partial charge in [-0.3, -0.25) is 0 Å². The van der Waals surface area contributed by atoms with Gasteiger partial charge in [0.2, 0.25) is 0 Å². The number of rotatable bonds is 3. The van der Waals surface area contributed by atoms with Gasteiger partial charge in [-0.2, -0.15) is 0 Å². The van der Waals surface area contributed by atoms with Gasteiger partial charge < -0.3 is 4.74 Å². The molecule has 1 rings (SSSR count). The Morgan fingerprint density at radius 3 is 2.67 bits per heavy atom. The Morgan fingerprint density at radius 1 is 1.47 bits per heavy atom. The van der Waals surface area contributed by atoms with Gasteiger partial charge in [-0.05, 0) is 17.2 Å². The predicted molar refractivity (Wildman–Crippen MR) is 55.6 cm³/mol. The summed E-state index contributed by atoms with van der Waals surface area (Å²) in [6.45, 7) is 0. The normalized spacial score (nSPS) is 10.3. The smallest absolute Gasteiger partial charge is 0.340 e. The lowest BCUT2D eigenvalue weighted by Crippen LogP contribution is -2.01. The molecule has 0 fully saturated rings. The number of benzene rings is 1. The Hall–Kier alpha value is -2.26. The summed E-state index contributed by atoms with van der Waals surface area (Å²) in [4.78, 5) is 13.7. The molecule has 5 nitrogen and oxygen atoms in total. The monoisotopic (exact) mass is 203 g/mol. The number of nitrogens with zero attached hydrogens (tertiary/aromatic N) is 3.